The molecule has 0 rings (SSSR count). The van der Waals surface area contributed by atoms with Crippen LogP contribution in [0.1, 0.15) is 13.3 Å². The maximum Gasteiger partial charge on any atom is 0.0175 e. The highest BCUT2D eigenvalue weighted by molar-refractivity contribution is 9.11. The summed E-state index contributed by atoms with van der Waals surface area (Å²) < 4.78 is 0.899. The molecule has 0 aromatic heterocycles. The summed E-state index contributed by atoms with van der Waals surface area (Å²) in [5.74, 6) is 0. The lowest BCUT2D eigenvalue weighted by Gasteiger charge is -2.00. The summed E-state index contributed by atoms with van der Waals surface area (Å²) in [5.41, 5.74) is 2.82. The van der Waals surface area contributed by atoms with E-state index >= 15 is 0 Å². The summed E-state index contributed by atoms with van der Waals surface area (Å²) in [6, 6.07) is 0. The molecule has 0 aliphatic heterocycles. The summed E-state index contributed by atoms with van der Waals surface area (Å²) in [7, 11) is 0. The Morgan fingerprint density at radius 3 is 2.20 bits per heavy atom. The van der Waals surface area contributed by atoms with Crippen molar-refractivity contribution in [2.75, 3.05) is 0 Å². The van der Waals surface area contributed by atoms with Crippen LogP contribution in [0.5, 0.6) is 0 Å². The van der Waals surface area contributed by atoms with Crippen molar-refractivity contribution in [2.45, 2.75) is 13.3 Å². The van der Waals surface area contributed by atoms with Crippen LogP contribution in [0.15, 0.2) is 71.8 Å². The van der Waals surface area contributed by atoms with Gasteiger partial charge in [0.25, 0.3) is 0 Å². The first kappa shape index (κ1) is 13.9. The molecule has 0 N–H and O–H groups in total. The van der Waals surface area contributed by atoms with Crippen molar-refractivity contribution in [2.24, 2.45) is 0 Å². The maximum atomic E-state index is 3.92. The highest BCUT2D eigenvalue weighted by Crippen LogP contribution is 2.16. The van der Waals surface area contributed by atoms with Gasteiger partial charge in [0.15, 0.2) is 0 Å². The third kappa shape index (κ3) is 6.08. The number of halogens is 1. The molecule has 0 unspecified atom stereocenters. The van der Waals surface area contributed by atoms with Crippen molar-refractivity contribution in [3.8, 4) is 0 Å². The predicted molar refractivity (Wildman–Crippen MR) is 74.1 cm³/mol. The van der Waals surface area contributed by atoms with Crippen LogP contribution in [0.3, 0.4) is 0 Å². The van der Waals surface area contributed by atoms with Gasteiger partial charge in [-0.25, -0.2) is 0 Å². The lowest BCUT2D eigenvalue weighted by molar-refractivity contribution is 1.16. The SMILES string of the molecule is C=C/C(Br)=C\C(=C)C(=C)/C=C\C(=C)CC. The van der Waals surface area contributed by atoms with Gasteiger partial charge in [0, 0.05) is 4.48 Å². The largest absolute Gasteiger partial charge is 0.0979 e. The van der Waals surface area contributed by atoms with E-state index in [4.69, 9.17) is 0 Å². The van der Waals surface area contributed by atoms with E-state index in [9.17, 15) is 0 Å². The molecule has 0 nitrogen and oxygen atoms in total. The molecule has 0 aromatic rings. The average molecular weight is 265 g/mol. The first-order chi connectivity index (χ1) is 7.01. The number of hydrogen-bond donors (Lipinski definition) is 0. The summed E-state index contributed by atoms with van der Waals surface area (Å²) >= 11 is 3.34. The quantitative estimate of drug-likeness (QED) is 0.587. The van der Waals surface area contributed by atoms with Crippen LogP contribution in [0, 0.1) is 0 Å². The van der Waals surface area contributed by atoms with E-state index in [1.807, 2.05) is 18.2 Å². The van der Waals surface area contributed by atoms with E-state index in [2.05, 4.69) is 49.2 Å². The molecule has 0 fully saturated rings. The lowest BCUT2D eigenvalue weighted by atomic mass is 10.1. The van der Waals surface area contributed by atoms with Crippen molar-refractivity contribution in [1.82, 2.24) is 0 Å². The highest BCUT2D eigenvalue weighted by atomic mass is 79.9. The van der Waals surface area contributed by atoms with Gasteiger partial charge in [-0.3, -0.25) is 0 Å². The topological polar surface area (TPSA) is 0 Å². The van der Waals surface area contributed by atoms with E-state index < -0.39 is 0 Å². The van der Waals surface area contributed by atoms with Gasteiger partial charge in [0.2, 0.25) is 0 Å². The van der Waals surface area contributed by atoms with Crippen molar-refractivity contribution >= 4 is 15.9 Å². The molecule has 0 atom stereocenters. The minimum absolute atomic E-state index is 0.863. The van der Waals surface area contributed by atoms with Crippen LogP contribution < -0.4 is 0 Å². The Hall–Kier alpha value is -1.08. The Bertz CT molecular complexity index is 340. The van der Waals surface area contributed by atoms with Crippen LogP contribution in [0.2, 0.25) is 0 Å². The first-order valence-electron chi connectivity index (χ1n) is 4.75. The van der Waals surface area contributed by atoms with Crippen LogP contribution >= 0.6 is 15.9 Å². The highest BCUT2D eigenvalue weighted by Gasteiger charge is 1.93. The standard InChI is InChI=1S/C14H17Br/c1-6-11(3)8-9-12(4)13(5)10-14(15)7-2/h7-10H,2-6H2,1H3/b9-8-,14-10+. The minimum atomic E-state index is 0.863. The van der Waals surface area contributed by atoms with Gasteiger partial charge in [-0.2, -0.15) is 0 Å². The van der Waals surface area contributed by atoms with Gasteiger partial charge in [0.05, 0.1) is 0 Å². The monoisotopic (exact) mass is 264 g/mol. The Morgan fingerprint density at radius 1 is 1.13 bits per heavy atom. The molecule has 0 bridgehead atoms. The predicted octanol–water partition coefficient (Wildman–Crippen LogP) is 5.09. The fraction of sp³-hybridized carbons (Fsp3) is 0.143. The second-order valence-corrected chi connectivity index (χ2v) is 4.04. The van der Waals surface area contributed by atoms with E-state index in [1.165, 1.54) is 0 Å². The first-order valence-corrected chi connectivity index (χ1v) is 5.54. The zero-order chi connectivity index (χ0) is 11.8. The van der Waals surface area contributed by atoms with Crippen LogP contribution in [-0.2, 0) is 0 Å². The molecule has 0 aliphatic rings. The molecule has 0 saturated heterocycles. The Kier molecular flexibility index (Phi) is 6.72. The number of hydrogen-bond acceptors (Lipinski definition) is 0. The third-order valence-corrected chi connectivity index (χ3v) is 2.45. The van der Waals surface area contributed by atoms with Crippen LogP contribution in [-0.4, -0.2) is 0 Å². The number of allylic oxidation sites excluding steroid dienone is 8. The van der Waals surface area contributed by atoms with Gasteiger partial charge in [0.1, 0.15) is 0 Å². The molecule has 15 heavy (non-hydrogen) atoms. The summed E-state index contributed by atoms with van der Waals surface area (Å²) in [4.78, 5) is 0. The van der Waals surface area contributed by atoms with Crippen molar-refractivity contribution < 1.29 is 0 Å². The summed E-state index contributed by atoms with van der Waals surface area (Å²) in [6.07, 6.45) is 8.43. The summed E-state index contributed by atoms with van der Waals surface area (Å²) in [6.45, 7) is 17.4. The fourth-order valence-electron chi connectivity index (χ4n) is 0.761. The molecule has 1 heteroatoms. The molecular weight excluding hydrogens is 248 g/mol. The molecule has 0 aliphatic carbocycles. The fourth-order valence-corrected chi connectivity index (χ4v) is 1.04. The second kappa shape index (κ2) is 7.24. The van der Waals surface area contributed by atoms with Gasteiger partial charge in [-0.05, 0) is 23.6 Å². The molecule has 0 amide bonds. The van der Waals surface area contributed by atoms with Crippen LogP contribution in [0.4, 0.5) is 0 Å². The average Bonchev–Trinajstić information content (AvgIpc) is 2.24. The Balaban J connectivity index is 4.48. The molecule has 80 valence electrons. The molecular formula is C14H17Br. The van der Waals surface area contributed by atoms with Gasteiger partial charge in [-0.1, -0.05) is 73.0 Å². The summed E-state index contributed by atoms with van der Waals surface area (Å²) in [5, 5.41) is 0. The van der Waals surface area contributed by atoms with Crippen molar-refractivity contribution in [1.29, 1.82) is 0 Å². The van der Waals surface area contributed by atoms with E-state index in [-0.39, 0.29) is 0 Å². The smallest absolute Gasteiger partial charge is 0.0175 e. The Labute approximate surface area is 101 Å². The van der Waals surface area contributed by atoms with Gasteiger partial charge in [-0.15, -0.1) is 0 Å². The van der Waals surface area contributed by atoms with E-state index in [0.29, 0.717) is 0 Å². The molecule has 0 aromatic carbocycles. The minimum Gasteiger partial charge on any atom is -0.0979 e. The van der Waals surface area contributed by atoms with E-state index in [0.717, 1.165) is 27.6 Å². The second-order valence-electron chi connectivity index (χ2n) is 3.13. The normalized spacial score (nSPS) is 11.5. The van der Waals surface area contributed by atoms with Gasteiger partial charge < -0.3 is 0 Å². The zero-order valence-corrected chi connectivity index (χ0v) is 10.8. The van der Waals surface area contributed by atoms with Crippen LogP contribution in [0.25, 0.3) is 0 Å². The van der Waals surface area contributed by atoms with Crippen molar-refractivity contribution in [3.63, 3.8) is 0 Å². The molecule has 0 spiro atoms. The van der Waals surface area contributed by atoms with E-state index in [1.54, 1.807) is 6.08 Å². The Morgan fingerprint density at radius 2 is 1.73 bits per heavy atom. The maximum absolute atomic E-state index is 3.92. The lowest BCUT2D eigenvalue weighted by Crippen LogP contribution is -1.80. The zero-order valence-electron chi connectivity index (χ0n) is 9.22. The number of rotatable bonds is 6. The van der Waals surface area contributed by atoms with Gasteiger partial charge >= 0.3 is 0 Å². The third-order valence-electron chi connectivity index (χ3n) is 1.89. The molecule has 0 saturated carbocycles. The molecule has 0 heterocycles. The van der Waals surface area contributed by atoms with Crippen molar-refractivity contribution in [3.05, 3.63) is 71.8 Å². The molecule has 0 radical (unpaired) electrons.